The van der Waals surface area contributed by atoms with E-state index in [9.17, 15) is 0 Å². The number of nitrogens with zero attached hydrogens (tertiary/aromatic N) is 2. The summed E-state index contributed by atoms with van der Waals surface area (Å²) in [7, 11) is 2.00. The number of thiophene rings is 1. The summed E-state index contributed by atoms with van der Waals surface area (Å²) in [6.45, 7) is 0. The fourth-order valence-corrected chi connectivity index (χ4v) is 3.15. The van der Waals surface area contributed by atoms with E-state index >= 15 is 0 Å². The summed E-state index contributed by atoms with van der Waals surface area (Å²) in [4.78, 5) is 1.43. The van der Waals surface area contributed by atoms with Crippen LogP contribution in [0.2, 0.25) is 0 Å². The van der Waals surface area contributed by atoms with Crippen molar-refractivity contribution < 1.29 is 0 Å². The average Bonchev–Trinajstić information content (AvgIpc) is 3.20. The van der Waals surface area contributed by atoms with E-state index in [-0.39, 0.29) is 6.04 Å². The van der Waals surface area contributed by atoms with Crippen molar-refractivity contribution in [2.75, 3.05) is 7.05 Å². The minimum absolute atomic E-state index is 0.289. The number of hydrogen-bond acceptors (Lipinski definition) is 3. The molecule has 0 saturated heterocycles. The molecule has 0 spiro atoms. The maximum atomic E-state index is 4.71. The van der Waals surface area contributed by atoms with E-state index in [1.807, 2.05) is 47.5 Å². The molecular formula is C17H19N3S. The van der Waals surface area contributed by atoms with Crippen LogP contribution in [0, 0.1) is 0 Å². The van der Waals surface area contributed by atoms with Crippen LogP contribution in [0.3, 0.4) is 0 Å². The molecule has 1 unspecified atom stereocenters. The Labute approximate surface area is 129 Å². The van der Waals surface area contributed by atoms with Crippen molar-refractivity contribution >= 4 is 11.3 Å². The summed E-state index contributed by atoms with van der Waals surface area (Å²) >= 11 is 1.82. The van der Waals surface area contributed by atoms with E-state index < -0.39 is 0 Å². The lowest BCUT2D eigenvalue weighted by atomic mass is 10.1. The Kier molecular flexibility index (Phi) is 4.48. The summed E-state index contributed by atoms with van der Waals surface area (Å²) in [5, 5.41) is 10.2. The molecule has 3 aromatic rings. The monoisotopic (exact) mass is 297 g/mol. The van der Waals surface area contributed by atoms with Gasteiger partial charge in [0.05, 0.1) is 17.4 Å². The molecule has 0 amide bonds. The van der Waals surface area contributed by atoms with Crippen LogP contribution in [0.4, 0.5) is 0 Å². The number of benzene rings is 1. The predicted molar refractivity (Wildman–Crippen MR) is 88.0 cm³/mol. The highest BCUT2D eigenvalue weighted by atomic mass is 32.1. The van der Waals surface area contributed by atoms with Gasteiger partial charge in [0.25, 0.3) is 0 Å². The number of nitrogens with one attached hydrogen (secondary N) is 1. The second kappa shape index (κ2) is 6.70. The first-order chi connectivity index (χ1) is 10.4. The van der Waals surface area contributed by atoms with Crippen molar-refractivity contribution in [3.63, 3.8) is 0 Å². The molecule has 2 heterocycles. The van der Waals surface area contributed by atoms with Gasteiger partial charge in [-0.25, -0.2) is 4.68 Å². The molecule has 0 aliphatic heterocycles. The van der Waals surface area contributed by atoms with Crippen LogP contribution in [-0.4, -0.2) is 16.8 Å². The molecule has 0 fully saturated rings. The Morgan fingerprint density at radius 1 is 1.14 bits per heavy atom. The topological polar surface area (TPSA) is 29.9 Å². The molecule has 3 rings (SSSR count). The minimum Gasteiger partial charge on any atom is -0.312 e. The van der Waals surface area contributed by atoms with E-state index in [1.54, 1.807) is 0 Å². The van der Waals surface area contributed by atoms with Gasteiger partial charge in [-0.2, -0.15) is 5.10 Å². The highest BCUT2D eigenvalue weighted by Crippen LogP contribution is 2.20. The smallest absolute Gasteiger partial charge is 0.0798 e. The van der Waals surface area contributed by atoms with Gasteiger partial charge in [0.2, 0.25) is 0 Å². The van der Waals surface area contributed by atoms with Crippen LogP contribution in [-0.2, 0) is 6.42 Å². The Morgan fingerprint density at radius 3 is 2.71 bits per heavy atom. The Morgan fingerprint density at radius 2 is 2.00 bits per heavy atom. The van der Waals surface area contributed by atoms with E-state index in [0.717, 1.165) is 24.2 Å². The second-order valence-corrected chi connectivity index (χ2v) is 6.01. The molecule has 0 saturated carbocycles. The SMILES string of the molecule is CNC(CCc1cccs1)c1ccn(-c2ccccc2)n1. The van der Waals surface area contributed by atoms with Crippen LogP contribution < -0.4 is 5.32 Å². The third-order valence-electron chi connectivity index (χ3n) is 3.60. The fraction of sp³-hybridized carbons (Fsp3) is 0.235. The van der Waals surface area contributed by atoms with Crippen LogP contribution in [0.1, 0.15) is 23.0 Å². The molecule has 1 atom stereocenters. The quantitative estimate of drug-likeness (QED) is 0.749. The van der Waals surface area contributed by atoms with Crippen LogP contribution >= 0.6 is 11.3 Å². The predicted octanol–water partition coefficient (Wildman–Crippen LogP) is 3.83. The van der Waals surface area contributed by atoms with E-state index in [2.05, 4.69) is 41.0 Å². The molecule has 1 aromatic carbocycles. The largest absolute Gasteiger partial charge is 0.312 e. The summed E-state index contributed by atoms with van der Waals surface area (Å²) in [6.07, 6.45) is 4.17. The lowest BCUT2D eigenvalue weighted by Gasteiger charge is -2.13. The maximum absolute atomic E-state index is 4.71. The maximum Gasteiger partial charge on any atom is 0.0798 e. The fourth-order valence-electron chi connectivity index (χ4n) is 2.43. The molecule has 2 aromatic heterocycles. The van der Waals surface area contributed by atoms with Crippen molar-refractivity contribution in [3.8, 4) is 5.69 Å². The first-order valence-corrected chi connectivity index (χ1v) is 8.05. The highest BCUT2D eigenvalue weighted by molar-refractivity contribution is 7.09. The van der Waals surface area contributed by atoms with Gasteiger partial charge in [-0.1, -0.05) is 24.3 Å². The van der Waals surface area contributed by atoms with Gasteiger partial charge in [0.15, 0.2) is 0 Å². The van der Waals surface area contributed by atoms with Crippen LogP contribution in [0.25, 0.3) is 5.69 Å². The van der Waals surface area contributed by atoms with E-state index in [4.69, 9.17) is 5.10 Å². The number of hydrogen-bond donors (Lipinski definition) is 1. The third kappa shape index (κ3) is 3.40. The van der Waals surface area contributed by atoms with E-state index in [1.165, 1.54) is 4.88 Å². The molecule has 0 aliphatic carbocycles. The molecular weight excluding hydrogens is 278 g/mol. The van der Waals surface area contributed by atoms with Crippen molar-refractivity contribution in [1.82, 2.24) is 15.1 Å². The Bertz CT molecular complexity index is 658. The van der Waals surface area contributed by atoms with Crippen molar-refractivity contribution in [1.29, 1.82) is 0 Å². The summed E-state index contributed by atoms with van der Waals surface area (Å²) < 4.78 is 1.94. The molecule has 0 radical (unpaired) electrons. The highest BCUT2D eigenvalue weighted by Gasteiger charge is 2.13. The average molecular weight is 297 g/mol. The zero-order valence-corrected chi connectivity index (χ0v) is 12.9. The molecule has 108 valence electrons. The normalized spacial score (nSPS) is 12.4. The van der Waals surface area contributed by atoms with Crippen molar-refractivity contribution in [3.05, 3.63) is 70.7 Å². The first kappa shape index (κ1) is 14.0. The number of para-hydroxylation sites is 1. The first-order valence-electron chi connectivity index (χ1n) is 7.17. The van der Waals surface area contributed by atoms with Gasteiger partial charge in [-0.15, -0.1) is 11.3 Å². The Hall–Kier alpha value is -1.91. The number of rotatable bonds is 6. The lowest BCUT2D eigenvalue weighted by Crippen LogP contribution is -2.17. The Balaban J connectivity index is 1.71. The molecule has 4 heteroatoms. The zero-order chi connectivity index (χ0) is 14.5. The minimum atomic E-state index is 0.289. The van der Waals surface area contributed by atoms with Gasteiger partial charge in [0, 0.05) is 11.1 Å². The molecule has 0 aliphatic rings. The van der Waals surface area contributed by atoms with Gasteiger partial charge in [0.1, 0.15) is 0 Å². The van der Waals surface area contributed by atoms with Crippen LogP contribution in [0.5, 0.6) is 0 Å². The van der Waals surface area contributed by atoms with Gasteiger partial charge >= 0.3 is 0 Å². The molecule has 0 bridgehead atoms. The second-order valence-electron chi connectivity index (χ2n) is 4.98. The van der Waals surface area contributed by atoms with Gasteiger partial charge < -0.3 is 5.32 Å². The number of aromatic nitrogens is 2. The molecule has 3 nitrogen and oxygen atoms in total. The van der Waals surface area contributed by atoms with Gasteiger partial charge in [-0.3, -0.25) is 0 Å². The molecule has 21 heavy (non-hydrogen) atoms. The zero-order valence-electron chi connectivity index (χ0n) is 12.1. The summed E-state index contributed by atoms with van der Waals surface area (Å²) in [5.74, 6) is 0. The standard InChI is InChI=1S/C17H19N3S/c1-18-16(10-9-15-8-5-13-21-15)17-11-12-20(19-17)14-6-3-2-4-7-14/h2-8,11-13,16,18H,9-10H2,1H3. The van der Waals surface area contributed by atoms with Crippen molar-refractivity contribution in [2.45, 2.75) is 18.9 Å². The van der Waals surface area contributed by atoms with E-state index in [0.29, 0.717) is 0 Å². The van der Waals surface area contributed by atoms with Crippen LogP contribution in [0.15, 0.2) is 60.1 Å². The van der Waals surface area contributed by atoms with Crippen molar-refractivity contribution in [2.24, 2.45) is 0 Å². The summed E-state index contributed by atoms with van der Waals surface area (Å²) in [6, 6.07) is 16.9. The summed E-state index contributed by atoms with van der Waals surface area (Å²) in [5.41, 5.74) is 2.19. The number of aryl methyl sites for hydroxylation is 1. The lowest BCUT2D eigenvalue weighted by molar-refractivity contribution is 0.533. The third-order valence-corrected chi connectivity index (χ3v) is 4.53. The molecule has 1 N–H and O–H groups in total. The van der Waals surface area contributed by atoms with Gasteiger partial charge in [-0.05, 0) is 49.5 Å².